The maximum Gasteiger partial charge on any atom is 0.291 e. The Morgan fingerprint density at radius 1 is 1.36 bits per heavy atom. The molecule has 1 aromatic carbocycles. The van der Waals surface area contributed by atoms with Gasteiger partial charge in [0.1, 0.15) is 18.0 Å². The van der Waals surface area contributed by atoms with Gasteiger partial charge in [-0.2, -0.15) is 16.9 Å². The lowest BCUT2D eigenvalue weighted by molar-refractivity contribution is 0.0755. The van der Waals surface area contributed by atoms with Crippen LogP contribution < -0.4 is 0 Å². The Balaban J connectivity index is 1.72. The molecule has 22 heavy (non-hydrogen) atoms. The van der Waals surface area contributed by atoms with Crippen LogP contribution in [-0.4, -0.2) is 44.8 Å². The van der Waals surface area contributed by atoms with Crippen LogP contribution in [0.1, 0.15) is 27.9 Å². The number of aromatic nitrogens is 3. The molecule has 1 N–H and O–H groups in total. The van der Waals surface area contributed by atoms with E-state index in [4.69, 9.17) is 0 Å². The number of aromatic amines is 1. The van der Waals surface area contributed by atoms with Crippen LogP contribution in [0.4, 0.5) is 8.78 Å². The second kappa shape index (κ2) is 6.43. The van der Waals surface area contributed by atoms with Crippen molar-refractivity contribution < 1.29 is 13.6 Å². The van der Waals surface area contributed by atoms with Gasteiger partial charge in [0, 0.05) is 29.7 Å². The zero-order valence-corrected chi connectivity index (χ0v) is 12.4. The predicted molar refractivity (Wildman–Crippen MR) is 78.5 cm³/mol. The smallest absolute Gasteiger partial charge is 0.291 e. The number of hydrogen-bond acceptors (Lipinski definition) is 4. The first-order valence-electron chi connectivity index (χ1n) is 6.86. The number of halogens is 2. The van der Waals surface area contributed by atoms with E-state index in [1.54, 1.807) is 4.90 Å². The van der Waals surface area contributed by atoms with E-state index in [0.717, 1.165) is 12.1 Å². The molecule has 1 aliphatic rings. The van der Waals surface area contributed by atoms with Crippen LogP contribution in [0.3, 0.4) is 0 Å². The fraction of sp³-hybridized carbons (Fsp3) is 0.357. The van der Waals surface area contributed by atoms with Crippen LogP contribution in [0.5, 0.6) is 0 Å². The second-order valence-electron chi connectivity index (χ2n) is 4.94. The number of hydrogen-bond donors (Lipinski definition) is 1. The molecule has 1 fully saturated rings. The Labute approximate surface area is 130 Å². The van der Waals surface area contributed by atoms with Crippen molar-refractivity contribution in [2.24, 2.45) is 0 Å². The van der Waals surface area contributed by atoms with Crippen molar-refractivity contribution in [3.05, 3.63) is 47.5 Å². The molecule has 1 saturated heterocycles. The van der Waals surface area contributed by atoms with E-state index < -0.39 is 11.6 Å². The van der Waals surface area contributed by atoms with Gasteiger partial charge in [0.15, 0.2) is 0 Å². The molecule has 5 nitrogen and oxygen atoms in total. The average Bonchev–Trinajstić information content (AvgIpc) is 2.94. The number of nitrogens with zero attached hydrogens (tertiary/aromatic N) is 3. The Morgan fingerprint density at radius 2 is 2.23 bits per heavy atom. The lowest BCUT2D eigenvalue weighted by Crippen LogP contribution is -2.33. The number of benzene rings is 1. The van der Waals surface area contributed by atoms with Crippen LogP contribution in [-0.2, 0) is 0 Å². The lowest BCUT2D eigenvalue weighted by Gasteiger charge is -2.19. The van der Waals surface area contributed by atoms with Gasteiger partial charge < -0.3 is 4.90 Å². The minimum atomic E-state index is -0.448. The highest BCUT2D eigenvalue weighted by Crippen LogP contribution is 2.36. The third-order valence-electron chi connectivity index (χ3n) is 3.55. The minimum absolute atomic E-state index is 0.164. The molecule has 3 rings (SSSR count). The molecule has 116 valence electrons. The SMILES string of the molecule is O=C(c1ncn[nH]1)N1CCS[C@H](c2cc(F)ccc2F)CC1. The van der Waals surface area contributed by atoms with Gasteiger partial charge in [0.2, 0.25) is 5.82 Å². The highest BCUT2D eigenvalue weighted by Gasteiger charge is 2.25. The van der Waals surface area contributed by atoms with Crippen LogP contribution in [0.25, 0.3) is 0 Å². The van der Waals surface area contributed by atoms with E-state index in [1.807, 2.05) is 0 Å². The quantitative estimate of drug-likeness (QED) is 0.921. The molecule has 0 spiro atoms. The topological polar surface area (TPSA) is 61.9 Å². The molecule has 1 amide bonds. The Hall–Kier alpha value is -1.96. The largest absolute Gasteiger partial charge is 0.335 e. The molecular weight excluding hydrogens is 310 g/mol. The minimum Gasteiger partial charge on any atom is -0.335 e. The first-order chi connectivity index (χ1) is 10.6. The number of rotatable bonds is 2. The number of thioether (sulfide) groups is 1. The van der Waals surface area contributed by atoms with Gasteiger partial charge >= 0.3 is 0 Å². The summed E-state index contributed by atoms with van der Waals surface area (Å²) < 4.78 is 27.2. The number of H-pyrrole nitrogens is 1. The number of carbonyl (C=O) groups is 1. The normalized spacial score (nSPS) is 19.0. The van der Waals surface area contributed by atoms with Crippen molar-refractivity contribution >= 4 is 17.7 Å². The molecule has 0 radical (unpaired) electrons. The van der Waals surface area contributed by atoms with E-state index in [9.17, 15) is 13.6 Å². The third-order valence-corrected chi connectivity index (χ3v) is 4.86. The van der Waals surface area contributed by atoms with Gasteiger partial charge in [-0.25, -0.2) is 13.8 Å². The van der Waals surface area contributed by atoms with Gasteiger partial charge in [-0.3, -0.25) is 9.89 Å². The van der Waals surface area contributed by atoms with Crippen molar-refractivity contribution in [3.63, 3.8) is 0 Å². The van der Waals surface area contributed by atoms with Crippen molar-refractivity contribution in [1.82, 2.24) is 20.1 Å². The molecule has 2 heterocycles. The lowest BCUT2D eigenvalue weighted by atomic mass is 10.1. The summed E-state index contributed by atoms with van der Waals surface area (Å²) in [4.78, 5) is 17.7. The molecule has 0 saturated carbocycles. The number of amides is 1. The molecule has 8 heteroatoms. The van der Waals surface area contributed by atoms with E-state index >= 15 is 0 Å². The van der Waals surface area contributed by atoms with Crippen molar-refractivity contribution in [1.29, 1.82) is 0 Å². The van der Waals surface area contributed by atoms with Gasteiger partial charge in [-0.05, 0) is 24.6 Å². The van der Waals surface area contributed by atoms with Crippen LogP contribution in [0.2, 0.25) is 0 Å². The van der Waals surface area contributed by atoms with Crippen molar-refractivity contribution in [3.8, 4) is 0 Å². The van der Waals surface area contributed by atoms with Gasteiger partial charge in [0.05, 0.1) is 0 Å². The molecule has 0 aliphatic carbocycles. The van der Waals surface area contributed by atoms with Crippen molar-refractivity contribution in [2.45, 2.75) is 11.7 Å². The maximum absolute atomic E-state index is 13.9. The number of nitrogens with one attached hydrogen (secondary N) is 1. The Morgan fingerprint density at radius 3 is 3.00 bits per heavy atom. The molecule has 1 aromatic heterocycles. The molecule has 2 aromatic rings. The summed E-state index contributed by atoms with van der Waals surface area (Å²) in [5.41, 5.74) is 0.360. The summed E-state index contributed by atoms with van der Waals surface area (Å²) in [6.07, 6.45) is 1.84. The average molecular weight is 324 g/mol. The third kappa shape index (κ3) is 3.11. The highest BCUT2D eigenvalue weighted by atomic mass is 32.2. The van der Waals surface area contributed by atoms with Gasteiger partial charge in [-0.1, -0.05) is 0 Å². The summed E-state index contributed by atoms with van der Waals surface area (Å²) in [6.45, 7) is 1.00. The zero-order valence-electron chi connectivity index (χ0n) is 11.6. The van der Waals surface area contributed by atoms with E-state index in [2.05, 4.69) is 15.2 Å². The van der Waals surface area contributed by atoms with E-state index in [-0.39, 0.29) is 17.0 Å². The Kier molecular flexibility index (Phi) is 4.37. The summed E-state index contributed by atoms with van der Waals surface area (Å²) in [5.74, 6) is -0.232. The second-order valence-corrected chi connectivity index (χ2v) is 6.25. The Bertz CT molecular complexity index is 665. The van der Waals surface area contributed by atoms with Gasteiger partial charge in [0.25, 0.3) is 5.91 Å². The van der Waals surface area contributed by atoms with Crippen LogP contribution in [0.15, 0.2) is 24.5 Å². The maximum atomic E-state index is 13.9. The molecular formula is C14H14F2N4OS. The molecule has 0 unspecified atom stereocenters. The summed E-state index contributed by atoms with van der Waals surface area (Å²) >= 11 is 1.53. The van der Waals surface area contributed by atoms with E-state index in [0.29, 0.717) is 30.8 Å². The van der Waals surface area contributed by atoms with Crippen molar-refractivity contribution in [2.75, 3.05) is 18.8 Å². The van der Waals surface area contributed by atoms with Crippen LogP contribution in [0, 0.1) is 11.6 Å². The fourth-order valence-electron chi connectivity index (χ4n) is 2.44. The highest BCUT2D eigenvalue weighted by molar-refractivity contribution is 7.99. The first-order valence-corrected chi connectivity index (χ1v) is 7.91. The fourth-order valence-corrected chi connectivity index (χ4v) is 3.68. The number of carbonyl (C=O) groups excluding carboxylic acids is 1. The first kappa shape index (κ1) is 15.0. The molecule has 0 bridgehead atoms. The standard InChI is InChI=1S/C14H14F2N4OS/c15-9-1-2-11(16)10(7-9)12-3-4-20(5-6-22-12)14(21)13-17-8-18-19-13/h1-2,7-8,12H,3-6H2,(H,17,18,19)/t12-/m0/s1. The summed E-state index contributed by atoms with van der Waals surface area (Å²) in [6, 6.07) is 3.49. The summed E-state index contributed by atoms with van der Waals surface area (Å²) in [5, 5.41) is 6.05. The van der Waals surface area contributed by atoms with Crippen LogP contribution >= 0.6 is 11.8 Å². The molecule has 1 atom stereocenters. The summed E-state index contributed by atoms with van der Waals surface area (Å²) in [7, 11) is 0. The predicted octanol–water partition coefficient (Wildman–Crippen LogP) is 2.40. The monoisotopic (exact) mass is 324 g/mol. The van der Waals surface area contributed by atoms with E-state index in [1.165, 1.54) is 24.2 Å². The van der Waals surface area contributed by atoms with Gasteiger partial charge in [-0.15, -0.1) is 0 Å². The molecule has 1 aliphatic heterocycles. The zero-order chi connectivity index (χ0) is 15.5.